The molecule has 3 atom stereocenters. The van der Waals surface area contributed by atoms with Crippen molar-refractivity contribution in [2.45, 2.75) is 111 Å². The third-order valence-corrected chi connectivity index (χ3v) is 9.00. The smallest absolute Gasteiger partial charge is 0.417 e. The topological polar surface area (TPSA) is 154 Å². The molecule has 47 heavy (non-hydrogen) atoms. The fourth-order valence-electron chi connectivity index (χ4n) is 4.94. The number of ether oxygens (including phenoxy) is 2. The minimum atomic E-state index is -1.51. The van der Waals surface area contributed by atoms with Gasteiger partial charge in [0.05, 0.1) is 12.6 Å². The van der Waals surface area contributed by atoms with Gasteiger partial charge in [-0.2, -0.15) is 0 Å². The maximum Gasteiger partial charge on any atom is 0.417 e. The van der Waals surface area contributed by atoms with Gasteiger partial charge in [0.2, 0.25) is 11.8 Å². The van der Waals surface area contributed by atoms with Crippen LogP contribution in [0.1, 0.15) is 65.5 Å². The van der Waals surface area contributed by atoms with Gasteiger partial charge in [0.25, 0.3) is 0 Å². The molecule has 0 heterocycles. The summed E-state index contributed by atoms with van der Waals surface area (Å²) >= 11 is 0. The van der Waals surface area contributed by atoms with Crippen LogP contribution in [0.2, 0.25) is 25.7 Å². The molecule has 0 saturated heterocycles. The summed E-state index contributed by atoms with van der Waals surface area (Å²) in [7, 11) is -1.51. The van der Waals surface area contributed by atoms with Gasteiger partial charge < -0.3 is 26.3 Å². The predicted octanol–water partition coefficient (Wildman–Crippen LogP) is 5.91. The van der Waals surface area contributed by atoms with Crippen LogP contribution in [-0.2, 0) is 36.9 Å². The normalized spacial score (nSPS) is 14.0. The van der Waals surface area contributed by atoms with Crippen molar-refractivity contribution >= 4 is 37.6 Å². The molecule has 0 aromatic heterocycles. The molecule has 0 fully saturated rings. The second kappa shape index (κ2) is 16.9. The van der Waals surface area contributed by atoms with Crippen LogP contribution in [0.15, 0.2) is 54.6 Å². The van der Waals surface area contributed by atoms with E-state index in [1.165, 1.54) is 0 Å². The van der Waals surface area contributed by atoms with Crippen molar-refractivity contribution in [1.82, 2.24) is 10.2 Å². The molecule has 260 valence electrons. The summed E-state index contributed by atoms with van der Waals surface area (Å²) < 4.78 is 11.3. The highest BCUT2D eigenvalue weighted by atomic mass is 28.3. The lowest BCUT2D eigenvalue weighted by atomic mass is 9.85. The monoisotopic (exact) mass is 668 g/mol. The van der Waals surface area contributed by atoms with Crippen LogP contribution in [0.5, 0.6) is 0 Å². The zero-order valence-electron chi connectivity index (χ0n) is 29.7. The molecule has 10 nitrogen and oxygen atoms in total. The summed E-state index contributed by atoms with van der Waals surface area (Å²) in [4.78, 5) is 56.4. The lowest BCUT2D eigenvalue weighted by Gasteiger charge is -2.35. The third-order valence-electron chi connectivity index (χ3n) is 7.30. The molecule has 0 bridgehead atoms. The molecule has 0 aliphatic carbocycles. The number of carbonyl (C=O) groups is 4. The van der Waals surface area contributed by atoms with Crippen molar-refractivity contribution in [1.29, 1.82) is 0 Å². The van der Waals surface area contributed by atoms with E-state index in [2.05, 4.69) is 25.0 Å². The van der Waals surface area contributed by atoms with Crippen LogP contribution in [0.25, 0.3) is 0 Å². The predicted molar refractivity (Wildman–Crippen MR) is 189 cm³/mol. The number of imide groups is 1. The lowest BCUT2D eigenvalue weighted by molar-refractivity contribution is -0.148. The van der Waals surface area contributed by atoms with Crippen LogP contribution in [0.4, 0.5) is 10.5 Å². The maximum absolute atomic E-state index is 14.3. The number of nitrogen functional groups attached to an aromatic ring is 1. The number of rotatable bonds is 14. The molecule has 0 spiro atoms. The number of anilines is 1. The SMILES string of the molecule is CC(C)(C)C[C@@H](N)C(=O)N(C(=O)OCc1ccccc1)[C@@H](CC(C)(C)C)C(=O)N[C@@H](Cc1cccc(N)c1)C(=O)OCC[Si](C)(C)C. The fraction of sp³-hybridized carbons (Fsp3) is 0.556. The van der Waals surface area contributed by atoms with Gasteiger partial charge >= 0.3 is 12.1 Å². The van der Waals surface area contributed by atoms with Gasteiger partial charge in [-0.3, -0.25) is 9.59 Å². The van der Waals surface area contributed by atoms with E-state index in [0.717, 1.165) is 10.9 Å². The van der Waals surface area contributed by atoms with Crippen molar-refractivity contribution in [2.24, 2.45) is 16.6 Å². The number of amides is 3. The largest absolute Gasteiger partial charge is 0.464 e. The molecule has 3 amide bonds. The minimum absolute atomic E-state index is 0.0862. The van der Waals surface area contributed by atoms with Crippen LogP contribution < -0.4 is 16.8 Å². The van der Waals surface area contributed by atoms with E-state index in [1.54, 1.807) is 36.4 Å². The second-order valence-electron chi connectivity index (χ2n) is 15.9. The van der Waals surface area contributed by atoms with Crippen molar-refractivity contribution in [2.75, 3.05) is 12.3 Å². The number of hydrogen-bond donors (Lipinski definition) is 3. The number of hydrogen-bond acceptors (Lipinski definition) is 8. The quantitative estimate of drug-likeness (QED) is 0.128. The first-order valence-electron chi connectivity index (χ1n) is 16.3. The summed E-state index contributed by atoms with van der Waals surface area (Å²) in [5.74, 6) is -2.03. The molecule has 5 N–H and O–H groups in total. The Morgan fingerprint density at radius 2 is 1.45 bits per heavy atom. The molecule has 2 rings (SSSR count). The Kier molecular flexibility index (Phi) is 14.2. The maximum atomic E-state index is 14.3. The molecular formula is C36H56N4O6Si. The number of nitrogens with two attached hydrogens (primary N) is 2. The van der Waals surface area contributed by atoms with Crippen molar-refractivity contribution < 1.29 is 28.7 Å². The highest BCUT2D eigenvalue weighted by Gasteiger charge is 2.42. The lowest BCUT2D eigenvalue weighted by Crippen LogP contribution is -2.59. The van der Waals surface area contributed by atoms with Gasteiger partial charge in [-0.25, -0.2) is 14.5 Å². The molecule has 2 aromatic rings. The highest BCUT2D eigenvalue weighted by molar-refractivity contribution is 6.76. The van der Waals surface area contributed by atoms with E-state index in [4.69, 9.17) is 20.9 Å². The van der Waals surface area contributed by atoms with E-state index in [0.29, 0.717) is 16.8 Å². The van der Waals surface area contributed by atoms with Crippen LogP contribution in [0.3, 0.4) is 0 Å². The first kappa shape index (κ1) is 39.5. The first-order valence-corrected chi connectivity index (χ1v) is 20.0. The Hall–Kier alpha value is -3.70. The molecule has 0 aliphatic heterocycles. The molecular weight excluding hydrogens is 613 g/mol. The Balaban J connectivity index is 2.51. The van der Waals surface area contributed by atoms with Crippen LogP contribution >= 0.6 is 0 Å². The average Bonchev–Trinajstić information content (AvgIpc) is 2.93. The fourth-order valence-corrected chi connectivity index (χ4v) is 5.66. The Labute approximate surface area is 281 Å². The summed E-state index contributed by atoms with van der Waals surface area (Å²) in [5, 5.41) is 2.82. The summed E-state index contributed by atoms with van der Waals surface area (Å²) in [5.41, 5.74) is 13.5. The zero-order chi connectivity index (χ0) is 35.6. The van der Waals surface area contributed by atoms with E-state index in [1.807, 2.05) is 59.7 Å². The minimum Gasteiger partial charge on any atom is -0.464 e. The molecule has 0 radical (unpaired) electrons. The number of carbonyl (C=O) groups excluding carboxylic acids is 4. The molecule has 11 heteroatoms. The molecule has 0 unspecified atom stereocenters. The van der Waals surface area contributed by atoms with Gasteiger partial charge in [-0.05, 0) is 53.0 Å². The Bertz CT molecular complexity index is 1350. The number of nitrogens with zero attached hydrogens (tertiary/aromatic N) is 1. The molecule has 0 aliphatic rings. The van der Waals surface area contributed by atoms with E-state index in [9.17, 15) is 19.2 Å². The van der Waals surface area contributed by atoms with Gasteiger partial charge in [0.1, 0.15) is 18.7 Å². The van der Waals surface area contributed by atoms with Gasteiger partial charge in [0.15, 0.2) is 0 Å². The Morgan fingerprint density at radius 3 is 2.00 bits per heavy atom. The summed E-state index contributed by atoms with van der Waals surface area (Å²) in [6.45, 7) is 18.2. The summed E-state index contributed by atoms with van der Waals surface area (Å²) in [6.07, 6.45) is -0.541. The highest BCUT2D eigenvalue weighted by Crippen LogP contribution is 2.27. The van der Waals surface area contributed by atoms with Crippen molar-refractivity contribution in [3.63, 3.8) is 0 Å². The number of benzene rings is 2. The van der Waals surface area contributed by atoms with E-state index >= 15 is 0 Å². The number of nitrogens with one attached hydrogen (secondary N) is 1. The molecule has 2 aromatic carbocycles. The van der Waals surface area contributed by atoms with E-state index in [-0.39, 0.29) is 37.9 Å². The zero-order valence-corrected chi connectivity index (χ0v) is 30.7. The van der Waals surface area contributed by atoms with Gasteiger partial charge in [-0.15, -0.1) is 0 Å². The van der Waals surface area contributed by atoms with E-state index < -0.39 is 55.5 Å². The van der Waals surface area contributed by atoms with Crippen molar-refractivity contribution in [3.05, 3.63) is 65.7 Å². The van der Waals surface area contributed by atoms with Crippen molar-refractivity contribution in [3.8, 4) is 0 Å². The first-order chi connectivity index (χ1) is 21.6. The van der Waals surface area contributed by atoms with Gasteiger partial charge in [-0.1, -0.05) is 104 Å². The molecule has 0 saturated carbocycles. The Morgan fingerprint density at radius 1 is 0.851 bits per heavy atom. The van der Waals surface area contributed by atoms with Gasteiger partial charge in [0, 0.05) is 20.2 Å². The average molecular weight is 669 g/mol. The van der Waals surface area contributed by atoms with Crippen LogP contribution in [0, 0.1) is 10.8 Å². The third kappa shape index (κ3) is 14.7. The number of esters is 1. The summed E-state index contributed by atoms with van der Waals surface area (Å²) in [6, 6.07) is 13.3. The van der Waals surface area contributed by atoms with Crippen LogP contribution in [-0.4, -0.2) is 61.6 Å². The second-order valence-corrected chi connectivity index (χ2v) is 21.5. The standard InChI is InChI=1S/C36H56N4O6Si/c1-35(2,3)22-28(38)32(42)40(34(44)46-24-25-14-11-10-12-15-25)30(23-36(4,5)6)31(41)39-29(21-26-16-13-17-27(37)20-26)33(43)45-18-19-47(7,8)9/h10-17,20,28-30H,18-19,21-24,37-38H2,1-9H3,(H,39,41)/t28-,29+,30+/m1/s1.